The van der Waals surface area contributed by atoms with E-state index in [1.54, 1.807) is 0 Å². The van der Waals surface area contributed by atoms with Crippen LogP contribution in [0.3, 0.4) is 0 Å². The van der Waals surface area contributed by atoms with Gasteiger partial charge in [-0.25, -0.2) is 4.39 Å². The summed E-state index contributed by atoms with van der Waals surface area (Å²) in [5.41, 5.74) is -2.09. The van der Waals surface area contributed by atoms with E-state index in [0.29, 0.717) is 24.7 Å². The van der Waals surface area contributed by atoms with Crippen molar-refractivity contribution in [3.05, 3.63) is 0 Å². The summed E-state index contributed by atoms with van der Waals surface area (Å²) in [5.74, 6) is 2.92. The van der Waals surface area contributed by atoms with Crippen molar-refractivity contribution in [2.24, 2.45) is 34.5 Å². The first kappa shape index (κ1) is 20.2. The molecular weight excluding hydrogens is 359 g/mol. The molecule has 0 saturated heterocycles. The summed E-state index contributed by atoms with van der Waals surface area (Å²) in [6.45, 7) is 5.61. The first-order valence-corrected chi connectivity index (χ1v) is 10.8. The first-order valence-electron chi connectivity index (χ1n) is 10.8. The van der Waals surface area contributed by atoms with Crippen LogP contribution in [0, 0.1) is 46.8 Å². The molecule has 0 spiro atoms. The van der Waals surface area contributed by atoms with Crippen LogP contribution in [0.5, 0.6) is 0 Å². The number of aliphatic hydroxyl groups is 2. The summed E-state index contributed by atoms with van der Waals surface area (Å²) in [4.78, 5) is 11.6. The highest BCUT2D eigenvalue weighted by atomic mass is 19.1. The Morgan fingerprint density at radius 2 is 1.86 bits per heavy atom. The van der Waals surface area contributed by atoms with E-state index in [9.17, 15) is 19.4 Å². The van der Waals surface area contributed by atoms with E-state index in [1.165, 1.54) is 6.92 Å². The van der Waals surface area contributed by atoms with Crippen LogP contribution in [0.1, 0.15) is 65.7 Å². The molecule has 28 heavy (non-hydrogen) atoms. The number of alkyl halides is 1. The first-order chi connectivity index (χ1) is 13.1. The second kappa shape index (κ2) is 6.44. The second-order valence-electron chi connectivity index (χ2n) is 10.3. The Hall–Kier alpha value is -1.12. The number of aliphatic hydroxyl groups excluding tert-OH is 1. The lowest BCUT2D eigenvalue weighted by molar-refractivity contribution is -0.175. The standard InChI is InChI=1S/C23H33FO4/c1-5-23(27)19(28-13(2)25)12-17-14-6-7-16-20(24)18(26)9-10-21(16,3)15(14)8-11-22(17,23)4/h1,14-20,26-27H,6-12H2,2-4H3/t14-,15+,16?,17+,18-,19+,20-,21-,22+,23+/m1/s1. The maximum Gasteiger partial charge on any atom is 0.303 e. The number of ether oxygens (including phenoxy) is 1. The largest absolute Gasteiger partial charge is 0.458 e. The molecule has 0 heterocycles. The molecule has 0 aromatic carbocycles. The van der Waals surface area contributed by atoms with Crippen LogP contribution >= 0.6 is 0 Å². The van der Waals surface area contributed by atoms with E-state index in [4.69, 9.17) is 11.2 Å². The molecule has 0 aromatic heterocycles. The number of rotatable bonds is 1. The van der Waals surface area contributed by atoms with Gasteiger partial charge in [0.15, 0.2) is 5.60 Å². The van der Waals surface area contributed by atoms with Gasteiger partial charge in [-0.1, -0.05) is 19.8 Å². The van der Waals surface area contributed by atoms with Crippen LogP contribution < -0.4 is 0 Å². The van der Waals surface area contributed by atoms with E-state index in [1.807, 2.05) is 6.92 Å². The molecule has 0 aliphatic heterocycles. The fourth-order valence-electron chi connectivity index (χ4n) is 7.85. The number of hydrogen-bond donors (Lipinski definition) is 2. The smallest absolute Gasteiger partial charge is 0.303 e. The van der Waals surface area contributed by atoms with Crippen LogP contribution in [0.4, 0.5) is 4.39 Å². The van der Waals surface area contributed by atoms with Gasteiger partial charge in [-0.15, -0.1) is 6.42 Å². The highest BCUT2D eigenvalue weighted by Gasteiger charge is 2.69. The SMILES string of the molecule is C#C[C@]1(O)[C@@H](OC(C)=O)C[C@H]2[C@@H]3CCC4[C@@H](F)[C@H](O)CC[C@]4(C)[C@H]3CC[C@@]21C. The van der Waals surface area contributed by atoms with Crippen molar-refractivity contribution < 1.29 is 24.1 Å². The third-order valence-electron chi connectivity index (χ3n) is 9.40. The molecule has 4 aliphatic rings. The molecule has 2 N–H and O–H groups in total. The molecular formula is C23H33FO4. The van der Waals surface area contributed by atoms with Crippen LogP contribution in [0.2, 0.25) is 0 Å². The second-order valence-corrected chi connectivity index (χ2v) is 10.3. The Kier molecular flexibility index (Phi) is 4.64. The van der Waals surface area contributed by atoms with Gasteiger partial charge in [0, 0.05) is 12.3 Å². The van der Waals surface area contributed by atoms with E-state index in [-0.39, 0.29) is 17.3 Å². The van der Waals surface area contributed by atoms with E-state index < -0.39 is 35.4 Å². The van der Waals surface area contributed by atoms with E-state index >= 15 is 0 Å². The molecule has 4 fully saturated rings. The Morgan fingerprint density at radius 3 is 2.50 bits per heavy atom. The van der Waals surface area contributed by atoms with Crippen LogP contribution in [-0.2, 0) is 9.53 Å². The van der Waals surface area contributed by atoms with Crippen molar-refractivity contribution in [1.29, 1.82) is 0 Å². The average molecular weight is 393 g/mol. The third-order valence-corrected chi connectivity index (χ3v) is 9.40. The van der Waals surface area contributed by atoms with Gasteiger partial charge in [0.1, 0.15) is 12.3 Å². The van der Waals surface area contributed by atoms with Crippen molar-refractivity contribution in [3.63, 3.8) is 0 Å². The van der Waals surface area contributed by atoms with Crippen molar-refractivity contribution in [2.75, 3.05) is 0 Å². The van der Waals surface area contributed by atoms with E-state index in [0.717, 1.165) is 32.1 Å². The zero-order chi connectivity index (χ0) is 20.5. The number of carbonyl (C=O) groups is 1. The predicted octanol–water partition coefficient (Wildman–Crippen LogP) is 3.24. The maximum atomic E-state index is 14.9. The Morgan fingerprint density at radius 1 is 1.14 bits per heavy atom. The van der Waals surface area contributed by atoms with Gasteiger partial charge in [-0.2, -0.15) is 0 Å². The van der Waals surface area contributed by atoms with Crippen molar-refractivity contribution in [1.82, 2.24) is 0 Å². The van der Waals surface area contributed by atoms with Gasteiger partial charge >= 0.3 is 5.97 Å². The predicted molar refractivity (Wildman–Crippen MR) is 103 cm³/mol. The lowest BCUT2D eigenvalue weighted by Crippen LogP contribution is -2.59. The Balaban J connectivity index is 1.67. The number of hydrogen-bond acceptors (Lipinski definition) is 4. The number of esters is 1. The van der Waals surface area contributed by atoms with Gasteiger partial charge in [0.2, 0.25) is 0 Å². The lowest BCUT2D eigenvalue weighted by atomic mass is 9.44. The summed E-state index contributed by atoms with van der Waals surface area (Å²) in [6, 6.07) is 0. The zero-order valence-corrected chi connectivity index (χ0v) is 17.2. The minimum Gasteiger partial charge on any atom is -0.458 e. The molecule has 4 rings (SSSR count). The van der Waals surface area contributed by atoms with Crippen molar-refractivity contribution in [3.8, 4) is 12.3 Å². The monoisotopic (exact) mass is 392 g/mol. The van der Waals surface area contributed by atoms with E-state index in [2.05, 4.69) is 12.8 Å². The van der Waals surface area contributed by atoms with Crippen molar-refractivity contribution >= 4 is 5.97 Å². The molecule has 0 aromatic rings. The topological polar surface area (TPSA) is 66.8 Å². The highest BCUT2D eigenvalue weighted by molar-refractivity contribution is 5.66. The number of terminal acetylenes is 1. The summed E-state index contributed by atoms with van der Waals surface area (Å²) in [7, 11) is 0. The quantitative estimate of drug-likeness (QED) is 0.531. The van der Waals surface area contributed by atoms with Crippen LogP contribution in [0.25, 0.3) is 0 Å². The lowest BCUT2D eigenvalue weighted by Gasteiger charge is -2.61. The highest BCUT2D eigenvalue weighted by Crippen LogP contribution is 2.68. The molecule has 5 heteroatoms. The molecule has 0 radical (unpaired) electrons. The molecule has 1 unspecified atom stereocenters. The van der Waals surface area contributed by atoms with Gasteiger partial charge < -0.3 is 14.9 Å². The molecule has 0 bridgehead atoms. The Labute approximate surface area is 167 Å². The molecule has 0 amide bonds. The van der Waals surface area contributed by atoms with Gasteiger partial charge in [-0.3, -0.25) is 4.79 Å². The summed E-state index contributed by atoms with van der Waals surface area (Å²) < 4.78 is 20.4. The molecule has 10 atom stereocenters. The minimum atomic E-state index is -1.46. The molecule has 156 valence electrons. The number of fused-ring (bicyclic) bond motifs is 5. The fourth-order valence-corrected chi connectivity index (χ4v) is 7.85. The minimum absolute atomic E-state index is 0.0981. The fraction of sp³-hybridized carbons (Fsp3) is 0.870. The van der Waals surface area contributed by atoms with Crippen LogP contribution in [-0.4, -0.2) is 40.2 Å². The molecule has 4 saturated carbocycles. The summed E-state index contributed by atoms with van der Waals surface area (Å²) in [5, 5.41) is 21.5. The third kappa shape index (κ3) is 2.46. The summed E-state index contributed by atoms with van der Waals surface area (Å²) in [6.07, 6.45) is 8.34. The van der Waals surface area contributed by atoms with Gasteiger partial charge in [0.05, 0.1) is 6.10 Å². The maximum absolute atomic E-state index is 14.9. The summed E-state index contributed by atoms with van der Waals surface area (Å²) >= 11 is 0. The van der Waals surface area contributed by atoms with Crippen molar-refractivity contribution in [2.45, 2.75) is 89.7 Å². The molecule has 4 aliphatic carbocycles. The van der Waals surface area contributed by atoms with Crippen LogP contribution in [0.15, 0.2) is 0 Å². The van der Waals surface area contributed by atoms with Gasteiger partial charge in [0.25, 0.3) is 0 Å². The van der Waals surface area contributed by atoms with Gasteiger partial charge in [-0.05, 0) is 74.0 Å². The Bertz CT molecular complexity index is 703. The average Bonchev–Trinajstić information content (AvgIpc) is 2.86. The number of halogens is 1. The zero-order valence-electron chi connectivity index (χ0n) is 17.2. The number of carbonyl (C=O) groups excluding carboxylic acids is 1. The normalized spacial score (nSPS) is 55.4. The molecule has 4 nitrogen and oxygen atoms in total.